The first-order chi connectivity index (χ1) is 16.3. The number of ether oxygens (including phenoxy) is 2. The van der Waals surface area contributed by atoms with Gasteiger partial charge in [-0.05, 0) is 62.2 Å². The lowest BCUT2D eigenvalue weighted by molar-refractivity contribution is -0.151. The Balaban J connectivity index is 1.49. The fraction of sp³-hybridized carbons (Fsp3) is 0.250. The summed E-state index contributed by atoms with van der Waals surface area (Å²) in [5.74, 6) is -0.110. The quantitative estimate of drug-likeness (QED) is 0.332. The second kappa shape index (κ2) is 11.8. The molecule has 0 bridgehead atoms. The van der Waals surface area contributed by atoms with Gasteiger partial charge in [0, 0.05) is 24.4 Å². The molecule has 34 heavy (non-hydrogen) atoms. The van der Waals surface area contributed by atoms with Crippen LogP contribution in [0, 0.1) is 0 Å². The van der Waals surface area contributed by atoms with E-state index in [9.17, 15) is 9.59 Å². The van der Waals surface area contributed by atoms with Gasteiger partial charge in [0.05, 0.1) is 5.69 Å². The van der Waals surface area contributed by atoms with E-state index in [0.29, 0.717) is 18.9 Å². The molecule has 0 spiro atoms. The van der Waals surface area contributed by atoms with Gasteiger partial charge in [-0.1, -0.05) is 48.5 Å². The van der Waals surface area contributed by atoms with Crippen molar-refractivity contribution >= 4 is 18.0 Å². The lowest BCUT2D eigenvalue weighted by Gasteiger charge is -2.35. The molecule has 6 heteroatoms. The number of hydrogen-bond donors (Lipinski definition) is 0. The molecular weight excluding hydrogens is 428 g/mol. The SMILES string of the molecule is CC(C)(C)N(Cc1ccccc1)C(=O)COC(=O)C=Cc1ccc(OCc2ccccn2)cc1. The minimum Gasteiger partial charge on any atom is -0.487 e. The number of pyridine rings is 1. The van der Waals surface area contributed by atoms with Crippen molar-refractivity contribution in [3.63, 3.8) is 0 Å². The van der Waals surface area contributed by atoms with Gasteiger partial charge in [0.15, 0.2) is 6.61 Å². The fourth-order valence-electron chi connectivity index (χ4n) is 3.20. The van der Waals surface area contributed by atoms with Crippen molar-refractivity contribution in [1.29, 1.82) is 0 Å². The average molecular weight is 459 g/mol. The van der Waals surface area contributed by atoms with Gasteiger partial charge in [-0.15, -0.1) is 0 Å². The number of benzene rings is 2. The van der Waals surface area contributed by atoms with Crippen molar-refractivity contribution in [3.05, 3.63) is 102 Å². The Kier molecular flexibility index (Phi) is 8.57. The number of aromatic nitrogens is 1. The molecule has 0 fully saturated rings. The molecule has 0 radical (unpaired) electrons. The molecule has 0 aliphatic carbocycles. The molecule has 0 aliphatic rings. The Morgan fingerprint density at radius 3 is 2.29 bits per heavy atom. The number of nitrogens with zero attached hydrogens (tertiary/aromatic N) is 2. The minimum atomic E-state index is -0.572. The molecule has 0 aliphatic heterocycles. The Morgan fingerprint density at radius 1 is 0.941 bits per heavy atom. The van der Waals surface area contributed by atoms with Crippen molar-refractivity contribution < 1.29 is 19.1 Å². The normalized spacial score (nSPS) is 11.3. The molecular formula is C28H30N2O4. The number of hydrogen-bond acceptors (Lipinski definition) is 5. The van der Waals surface area contributed by atoms with Crippen molar-refractivity contribution in [2.45, 2.75) is 39.5 Å². The van der Waals surface area contributed by atoms with E-state index in [4.69, 9.17) is 9.47 Å². The zero-order valence-electron chi connectivity index (χ0n) is 19.8. The first-order valence-electron chi connectivity index (χ1n) is 11.1. The molecule has 0 saturated heterocycles. The van der Waals surface area contributed by atoms with Crippen LogP contribution in [-0.2, 0) is 27.5 Å². The van der Waals surface area contributed by atoms with Gasteiger partial charge in [-0.25, -0.2) is 4.79 Å². The second-order valence-corrected chi connectivity index (χ2v) is 8.76. The number of carbonyl (C=O) groups is 2. The predicted octanol–water partition coefficient (Wildman–Crippen LogP) is 5.04. The van der Waals surface area contributed by atoms with Crippen molar-refractivity contribution in [2.24, 2.45) is 0 Å². The van der Waals surface area contributed by atoms with Crippen LogP contribution < -0.4 is 4.74 Å². The summed E-state index contributed by atoms with van der Waals surface area (Å²) < 4.78 is 10.9. The summed E-state index contributed by atoms with van der Waals surface area (Å²) in [5.41, 5.74) is 2.27. The summed E-state index contributed by atoms with van der Waals surface area (Å²) in [6.07, 6.45) is 4.68. The van der Waals surface area contributed by atoms with Crippen molar-refractivity contribution in [2.75, 3.05) is 6.61 Å². The molecule has 176 valence electrons. The third-order valence-electron chi connectivity index (χ3n) is 5.04. The number of esters is 1. The van der Waals surface area contributed by atoms with E-state index in [0.717, 1.165) is 16.8 Å². The molecule has 3 rings (SSSR count). The highest BCUT2D eigenvalue weighted by atomic mass is 16.5. The largest absolute Gasteiger partial charge is 0.487 e. The van der Waals surface area contributed by atoms with Crippen LogP contribution in [0.4, 0.5) is 0 Å². The zero-order chi connectivity index (χ0) is 24.4. The molecule has 1 aromatic heterocycles. The molecule has 3 aromatic rings. The first-order valence-corrected chi connectivity index (χ1v) is 11.1. The number of carbonyl (C=O) groups excluding carboxylic acids is 2. The number of rotatable bonds is 9. The summed E-state index contributed by atoms with van der Waals surface area (Å²) in [5, 5.41) is 0. The highest BCUT2D eigenvalue weighted by Crippen LogP contribution is 2.18. The van der Waals surface area contributed by atoms with E-state index in [-0.39, 0.29) is 12.5 Å². The predicted molar refractivity (Wildman–Crippen MR) is 132 cm³/mol. The molecule has 0 unspecified atom stereocenters. The Labute approximate surface area is 200 Å². The first kappa shape index (κ1) is 24.7. The van der Waals surface area contributed by atoms with Gasteiger partial charge < -0.3 is 14.4 Å². The molecule has 0 N–H and O–H groups in total. The highest BCUT2D eigenvalue weighted by Gasteiger charge is 2.27. The Hall–Kier alpha value is -3.93. The van der Waals surface area contributed by atoms with Crippen molar-refractivity contribution in [3.8, 4) is 5.75 Å². The minimum absolute atomic E-state index is 0.243. The van der Waals surface area contributed by atoms with E-state index in [1.165, 1.54) is 6.08 Å². The third kappa shape index (κ3) is 7.89. The molecule has 1 heterocycles. The molecule has 2 aromatic carbocycles. The van der Waals surface area contributed by atoms with Crippen molar-refractivity contribution in [1.82, 2.24) is 9.88 Å². The van der Waals surface area contributed by atoms with Gasteiger partial charge in [0.1, 0.15) is 12.4 Å². The number of amides is 1. The fourth-order valence-corrected chi connectivity index (χ4v) is 3.20. The van der Waals surface area contributed by atoms with Crippen LogP contribution >= 0.6 is 0 Å². The molecule has 0 atom stereocenters. The second-order valence-electron chi connectivity index (χ2n) is 8.76. The van der Waals surface area contributed by atoms with Crippen LogP contribution in [0.1, 0.15) is 37.6 Å². The maximum absolute atomic E-state index is 12.8. The summed E-state index contributed by atoms with van der Waals surface area (Å²) in [6.45, 7) is 6.39. The van der Waals surface area contributed by atoms with Gasteiger partial charge in [0.2, 0.25) is 0 Å². The summed E-state index contributed by atoms with van der Waals surface area (Å²) in [7, 11) is 0. The Bertz CT molecular complexity index is 1090. The van der Waals surface area contributed by atoms with Gasteiger partial charge in [-0.2, -0.15) is 0 Å². The average Bonchev–Trinajstić information content (AvgIpc) is 2.84. The topological polar surface area (TPSA) is 68.7 Å². The van der Waals surface area contributed by atoms with E-state index >= 15 is 0 Å². The highest BCUT2D eigenvalue weighted by molar-refractivity contribution is 5.89. The summed E-state index contributed by atoms with van der Waals surface area (Å²) in [6, 6.07) is 22.7. The summed E-state index contributed by atoms with van der Waals surface area (Å²) >= 11 is 0. The van der Waals surface area contributed by atoms with Crippen LogP contribution in [0.25, 0.3) is 6.08 Å². The van der Waals surface area contributed by atoms with Crippen LogP contribution in [0.3, 0.4) is 0 Å². The van der Waals surface area contributed by atoms with E-state index < -0.39 is 11.5 Å². The van der Waals surface area contributed by atoms with E-state index in [2.05, 4.69) is 4.98 Å². The zero-order valence-corrected chi connectivity index (χ0v) is 19.8. The molecule has 1 amide bonds. The van der Waals surface area contributed by atoms with Crippen LogP contribution in [-0.4, -0.2) is 33.9 Å². The maximum Gasteiger partial charge on any atom is 0.331 e. The molecule has 0 saturated carbocycles. The molecule has 6 nitrogen and oxygen atoms in total. The van der Waals surface area contributed by atoms with Gasteiger partial charge in [0.25, 0.3) is 5.91 Å². The Morgan fingerprint density at radius 2 is 1.65 bits per heavy atom. The van der Waals surface area contributed by atoms with Crippen LogP contribution in [0.15, 0.2) is 85.1 Å². The monoisotopic (exact) mass is 458 g/mol. The summed E-state index contributed by atoms with van der Waals surface area (Å²) in [4.78, 5) is 30.9. The standard InChI is InChI=1S/C28H30N2O4/c1-28(2,3)30(19-23-9-5-4-6-10-23)26(31)21-34-27(32)17-14-22-12-15-25(16-13-22)33-20-24-11-7-8-18-29-24/h4-18H,19-21H2,1-3H3. The smallest absolute Gasteiger partial charge is 0.331 e. The third-order valence-corrected chi connectivity index (χ3v) is 5.04. The lowest BCUT2D eigenvalue weighted by Crippen LogP contribution is -2.46. The lowest BCUT2D eigenvalue weighted by atomic mass is 10.0. The van der Waals surface area contributed by atoms with Gasteiger partial charge >= 0.3 is 5.97 Å². The van der Waals surface area contributed by atoms with E-state index in [1.807, 2.05) is 93.6 Å². The van der Waals surface area contributed by atoms with Gasteiger partial charge in [-0.3, -0.25) is 9.78 Å². The maximum atomic E-state index is 12.8. The van der Waals surface area contributed by atoms with Crippen LogP contribution in [0.5, 0.6) is 5.75 Å². The van der Waals surface area contributed by atoms with E-state index in [1.54, 1.807) is 17.2 Å². The van der Waals surface area contributed by atoms with Crippen LogP contribution in [0.2, 0.25) is 0 Å².